The van der Waals surface area contributed by atoms with Gasteiger partial charge >= 0.3 is 0 Å². The number of benzene rings is 2. The molecule has 1 saturated heterocycles. The predicted molar refractivity (Wildman–Crippen MR) is 145 cm³/mol. The number of piperazine rings is 1. The van der Waals surface area contributed by atoms with Crippen LogP contribution in [-0.2, 0) is 0 Å². The molecule has 10 heteroatoms. The van der Waals surface area contributed by atoms with Gasteiger partial charge in [-0.1, -0.05) is 54.1 Å². The highest BCUT2D eigenvalue weighted by atomic mass is 35.5. The largest absolute Gasteiger partial charge is 0.337 e. The van der Waals surface area contributed by atoms with E-state index in [0.717, 1.165) is 22.5 Å². The molecule has 0 spiro atoms. The van der Waals surface area contributed by atoms with E-state index >= 15 is 0 Å². The van der Waals surface area contributed by atoms with Crippen LogP contribution in [0.1, 0.15) is 10.5 Å². The first-order valence-corrected chi connectivity index (χ1v) is 13.1. The van der Waals surface area contributed by atoms with Crippen molar-refractivity contribution in [2.24, 2.45) is 0 Å². The third kappa shape index (κ3) is 4.83. The fourth-order valence-corrected chi connectivity index (χ4v) is 5.21. The molecule has 1 aliphatic rings. The number of amides is 1. The van der Waals surface area contributed by atoms with Crippen LogP contribution in [0.4, 0.5) is 5.95 Å². The molecule has 0 unspecified atom stereocenters. The summed E-state index contributed by atoms with van der Waals surface area (Å²) >= 11 is 7.53. The van der Waals surface area contributed by atoms with E-state index in [2.05, 4.69) is 14.9 Å². The Bertz CT molecular complexity index is 1510. The zero-order valence-electron chi connectivity index (χ0n) is 19.7. The van der Waals surface area contributed by atoms with E-state index in [0.29, 0.717) is 48.0 Å². The van der Waals surface area contributed by atoms with Crippen LogP contribution in [0.3, 0.4) is 0 Å². The number of halogens is 1. The fraction of sp³-hybridized carbons (Fsp3) is 0.148. The SMILES string of the molecule is O=C(c1cc(-c2ccccc2)n(-c2nc(-c3ccc(Cl)cc3)cs2)n1)N1CCN(c2ncccn2)CC1. The van der Waals surface area contributed by atoms with Crippen LogP contribution in [0, 0.1) is 0 Å². The maximum absolute atomic E-state index is 13.5. The average molecular weight is 528 g/mol. The molecule has 37 heavy (non-hydrogen) atoms. The Kier molecular flexibility index (Phi) is 6.38. The van der Waals surface area contributed by atoms with Gasteiger partial charge in [-0.2, -0.15) is 5.10 Å². The van der Waals surface area contributed by atoms with Gasteiger partial charge in [0.05, 0.1) is 11.4 Å². The summed E-state index contributed by atoms with van der Waals surface area (Å²) in [5.74, 6) is 0.588. The Labute approximate surface area is 222 Å². The standard InChI is InChI=1S/C27H22ClN7OS/c28-21-9-7-19(8-10-21)23-18-37-27(31-23)35-24(20-5-2-1-3-6-20)17-22(32-35)25(36)33-13-15-34(16-14-33)26-29-11-4-12-30-26/h1-12,17-18H,13-16H2. The molecule has 6 rings (SSSR count). The van der Waals surface area contributed by atoms with Crippen LogP contribution in [-0.4, -0.2) is 61.7 Å². The molecular formula is C27H22ClN7OS. The summed E-state index contributed by atoms with van der Waals surface area (Å²) in [6.45, 7) is 2.48. The van der Waals surface area contributed by atoms with Crippen molar-refractivity contribution in [2.45, 2.75) is 0 Å². The van der Waals surface area contributed by atoms with Crippen LogP contribution in [0.15, 0.2) is 84.5 Å². The van der Waals surface area contributed by atoms with Crippen molar-refractivity contribution in [3.8, 4) is 27.6 Å². The second kappa shape index (κ2) is 10.1. The average Bonchev–Trinajstić information content (AvgIpc) is 3.62. The van der Waals surface area contributed by atoms with Crippen LogP contribution < -0.4 is 4.90 Å². The van der Waals surface area contributed by atoms with Crippen LogP contribution in [0.5, 0.6) is 0 Å². The van der Waals surface area contributed by atoms with E-state index in [1.165, 1.54) is 11.3 Å². The summed E-state index contributed by atoms with van der Waals surface area (Å²) in [7, 11) is 0. The maximum Gasteiger partial charge on any atom is 0.274 e. The number of hydrogen-bond acceptors (Lipinski definition) is 7. The van der Waals surface area contributed by atoms with Crippen molar-refractivity contribution in [3.05, 3.63) is 95.2 Å². The van der Waals surface area contributed by atoms with Gasteiger partial charge in [-0.3, -0.25) is 4.79 Å². The van der Waals surface area contributed by atoms with Gasteiger partial charge in [-0.15, -0.1) is 11.3 Å². The summed E-state index contributed by atoms with van der Waals surface area (Å²) in [5.41, 5.74) is 3.97. The minimum atomic E-state index is -0.0981. The van der Waals surface area contributed by atoms with Crippen molar-refractivity contribution >= 4 is 34.8 Å². The lowest BCUT2D eigenvalue weighted by Crippen LogP contribution is -2.49. The third-order valence-corrected chi connectivity index (χ3v) is 7.28. The lowest BCUT2D eigenvalue weighted by atomic mass is 10.1. The molecule has 0 atom stereocenters. The summed E-state index contributed by atoms with van der Waals surface area (Å²) in [6.07, 6.45) is 3.46. The number of carbonyl (C=O) groups is 1. The summed E-state index contributed by atoms with van der Waals surface area (Å²) in [6, 6.07) is 21.2. The van der Waals surface area contributed by atoms with Gasteiger partial charge < -0.3 is 9.80 Å². The normalized spacial score (nSPS) is 13.6. The minimum Gasteiger partial charge on any atom is -0.337 e. The van der Waals surface area contributed by atoms with Crippen molar-refractivity contribution in [2.75, 3.05) is 31.1 Å². The Hall–Kier alpha value is -4.08. The molecule has 1 amide bonds. The van der Waals surface area contributed by atoms with Gasteiger partial charge in [0.1, 0.15) is 0 Å². The molecule has 0 saturated carbocycles. The molecule has 1 aliphatic heterocycles. The number of hydrogen-bond donors (Lipinski definition) is 0. The zero-order chi connectivity index (χ0) is 25.2. The van der Waals surface area contributed by atoms with Crippen molar-refractivity contribution in [1.29, 1.82) is 0 Å². The highest BCUT2D eigenvalue weighted by Gasteiger charge is 2.27. The molecule has 1 fully saturated rings. The van der Waals surface area contributed by atoms with E-state index in [4.69, 9.17) is 21.7 Å². The molecule has 4 heterocycles. The van der Waals surface area contributed by atoms with Crippen molar-refractivity contribution < 1.29 is 4.79 Å². The van der Waals surface area contributed by atoms with E-state index < -0.39 is 0 Å². The van der Waals surface area contributed by atoms with Gasteiger partial charge in [-0.05, 0) is 24.3 Å². The van der Waals surface area contributed by atoms with Crippen molar-refractivity contribution in [3.63, 3.8) is 0 Å². The lowest BCUT2D eigenvalue weighted by molar-refractivity contribution is 0.0740. The third-order valence-electron chi connectivity index (χ3n) is 6.21. The number of nitrogens with zero attached hydrogens (tertiary/aromatic N) is 7. The monoisotopic (exact) mass is 527 g/mol. The number of aromatic nitrogens is 5. The molecule has 8 nitrogen and oxygen atoms in total. The molecule has 0 radical (unpaired) electrons. The number of thiazole rings is 1. The quantitative estimate of drug-likeness (QED) is 0.317. The molecule has 3 aromatic heterocycles. The van der Waals surface area contributed by atoms with E-state index in [1.807, 2.05) is 70.9 Å². The van der Waals surface area contributed by atoms with Gasteiger partial charge in [-0.25, -0.2) is 19.6 Å². The Morgan fingerprint density at radius 3 is 2.32 bits per heavy atom. The summed E-state index contributed by atoms with van der Waals surface area (Å²) in [4.78, 5) is 30.9. The molecule has 2 aromatic carbocycles. The first-order valence-electron chi connectivity index (χ1n) is 11.8. The first-order chi connectivity index (χ1) is 18.2. The topological polar surface area (TPSA) is 80.0 Å². The Morgan fingerprint density at radius 1 is 0.865 bits per heavy atom. The predicted octanol–water partition coefficient (Wildman–Crippen LogP) is 5.07. The van der Waals surface area contributed by atoms with Gasteiger partial charge in [0.15, 0.2) is 5.69 Å². The van der Waals surface area contributed by atoms with Gasteiger partial charge in [0.2, 0.25) is 11.1 Å². The maximum atomic E-state index is 13.5. The molecule has 0 N–H and O–H groups in total. The Balaban J connectivity index is 1.28. The summed E-state index contributed by atoms with van der Waals surface area (Å²) < 4.78 is 1.76. The zero-order valence-corrected chi connectivity index (χ0v) is 21.3. The second-order valence-corrected chi connectivity index (χ2v) is 9.82. The van der Waals surface area contributed by atoms with Crippen molar-refractivity contribution in [1.82, 2.24) is 29.6 Å². The highest BCUT2D eigenvalue weighted by molar-refractivity contribution is 7.12. The highest BCUT2D eigenvalue weighted by Crippen LogP contribution is 2.30. The smallest absolute Gasteiger partial charge is 0.274 e. The molecule has 184 valence electrons. The molecule has 0 aliphatic carbocycles. The van der Waals surface area contributed by atoms with Crippen LogP contribution >= 0.6 is 22.9 Å². The summed E-state index contributed by atoms with van der Waals surface area (Å²) in [5, 5.41) is 8.10. The van der Waals surface area contributed by atoms with Crippen LogP contribution in [0.2, 0.25) is 5.02 Å². The van der Waals surface area contributed by atoms with Crippen LogP contribution in [0.25, 0.3) is 27.6 Å². The fourth-order valence-electron chi connectivity index (χ4n) is 4.29. The molecular weight excluding hydrogens is 506 g/mol. The second-order valence-electron chi connectivity index (χ2n) is 8.54. The number of anilines is 1. The molecule has 5 aromatic rings. The first kappa shape index (κ1) is 23.3. The van der Waals surface area contributed by atoms with Gasteiger partial charge in [0, 0.05) is 60.1 Å². The minimum absolute atomic E-state index is 0.0981. The van der Waals surface area contributed by atoms with Gasteiger partial charge in [0.25, 0.3) is 5.91 Å². The number of rotatable bonds is 5. The molecule has 0 bridgehead atoms. The van der Waals surface area contributed by atoms with E-state index in [-0.39, 0.29) is 5.91 Å². The Morgan fingerprint density at radius 2 is 1.59 bits per heavy atom. The van der Waals surface area contributed by atoms with E-state index in [9.17, 15) is 4.79 Å². The lowest BCUT2D eigenvalue weighted by Gasteiger charge is -2.34. The number of carbonyl (C=O) groups excluding carboxylic acids is 1. The van der Waals surface area contributed by atoms with E-state index in [1.54, 1.807) is 23.1 Å².